The lowest BCUT2D eigenvalue weighted by Gasteiger charge is -2.62. The lowest BCUT2D eigenvalue weighted by Crippen LogP contribution is -2.57. The largest absolute Gasteiger partial charge is 0.400 e. The fraction of sp³-hybridized carbons (Fsp3) is 0.962. The number of aliphatic hydroxyl groups excluding tert-OH is 2. The lowest BCUT2D eigenvalue weighted by molar-refractivity contribution is -0.164. The van der Waals surface area contributed by atoms with Gasteiger partial charge < -0.3 is 15.0 Å². The third kappa shape index (κ3) is 4.20. The zero-order valence-corrected chi connectivity index (χ0v) is 19.8. The van der Waals surface area contributed by atoms with Crippen LogP contribution in [0.2, 0.25) is 0 Å². The highest BCUT2D eigenvalue weighted by Gasteiger charge is 2.62. The molecule has 0 radical (unpaired) electrons. The molecule has 4 saturated carbocycles. The minimum Gasteiger partial charge on any atom is -0.400 e. The van der Waals surface area contributed by atoms with Gasteiger partial charge in [-0.2, -0.15) is 0 Å². The molecule has 4 aliphatic carbocycles. The highest BCUT2D eigenvalue weighted by Crippen LogP contribution is 2.68. The molecule has 0 aliphatic heterocycles. The Labute approximate surface area is 180 Å². The fourth-order valence-corrected chi connectivity index (χ4v) is 8.89. The standard InChI is InChI=1S/C24H42O.CH4O.CH2O/c1-5-8-16(2)18-10-11-19-22-20(12-14-24(18,19)4)23(3)13-7-6-9-17(23)15-21(22)25;2*1-2/h16-22,25H,5-15H2,1-4H3;2H,1H3;1H2/t16-,17?,18?,19?,20?,21?,22?,23?,24?;;/m1../s1. The van der Waals surface area contributed by atoms with E-state index in [9.17, 15) is 5.11 Å². The van der Waals surface area contributed by atoms with Crippen LogP contribution >= 0.6 is 0 Å². The van der Waals surface area contributed by atoms with Crippen LogP contribution in [0.25, 0.3) is 0 Å². The van der Waals surface area contributed by atoms with Gasteiger partial charge in [0.2, 0.25) is 0 Å². The summed E-state index contributed by atoms with van der Waals surface area (Å²) in [4.78, 5) is 8.00. The van der Waals surface area contributed by atoms with E-state index in [-0.39, 0.29) is 6.10 Å². The Morgan fingerprint density at radius 1 is 0.966 bits per heavy atom. The van der Waals surface area contributed by atoms with E-state index in [4.69, 9.17) is 9.90 Å². The molecule has 0 amide bonds. The molecule has 4 rings (SSSR count). The minimum absolute atomic E-state index is 0.00830. The van der Waals surface area contributed by atoms with Crippen molar-refractivity contribution >= 4 is 6.79 Å². The average molecular weight is 409 g/mol. The van der Waals surface area contributed by atoms with Crippen LogP contribution in [0.4, 0.5) is 0 Å². The molecule has 9 atom stereocenters. The normalized spacial score (nSPS) is 46.6. The van der Waals surface area contributed by atoms with Crippen LogP contribution in [-0.4, -0.2) is 30.2 Å². The Morgan fingerprint density at radius 3 is 2.28 bits per heavy atom. The number of hydrogen-bond donors (Lipinski definition) is 2. The van der Waals surface area contributed by atoms with Crippen molar-refractivity contribution in [2.75, 3.05) is 7.11 Å². The van der Waals surface area contributed by atoms with Crippen molar-refractivity contribution in [3.63, 3.8) is 0 Å². The molecule has 4 fully saturated rings. The van der Waals surface area contributed by atoms with E-state index >= 15 is 0 Å². The molecule has 0 aromatic rings. The first-order valence-corrected chi connectivity index (χ1v) is 12.3. The molecule has 8 unspecified atom stereocenters. The van der Waals surface area contributed by atoms with Gasteiger partial charge in [0, 0.05) is 7.11 Å². The first-order valence-electron chi connectivity index (χ1n) is 12.3. The van der Waals surface area contributed by atoms with Gasteiger partial charge in [0.25, 0.3) is 0 Å². The number of carbonyl (C=O) groups excluding carboxylic acids is 1. The number of rotatable bonds is 3. The van der Waals surface area contributed by atoms with Crippen molar-refractivity contribution in [2.45, 2.75) is 104 Å². The summed E-state index contributed by atoms with van der Waals surface area (Å²) in [5.41, 5.74) is 1.05. The van der Waals surface area contributed by atoms with E-state index in [1.165, 1.54) is 64.2 Å². The predicted molar refractivity (Wildman–Crippen MR) is 121 cm³/mol. The van der Waals surface area contributed by atoms with E-state index in [1.54, 1.807) is 0 Å². The van der Waals surface area contributed by atoms with Gasteiger partial charge in [0.15, 0.2) is 0 Å². The van der Waals surface area contributed by atoms with Gasteiger partial charge in [-0.25, -0.2) is 0 Å². The second-order valence-electron chi connectivity index (χ2n) is 11.0. The molecule has 4 aliphatic rings. The topological polar surface area (TPSA) is 57.5 Å². The van der Waals surface area contributed by atoms with Crippen LogP contribution < -0.4 is 0 Å². The Balaban J connectivity index is 0.000000707. The number of carbonyl (C=O) groups is 1. The molecule has 0 heterocycles. The minimum atomic E-state index is -0.00830. The average Bonchev–Trinajstić information content (AvgIpc) is 3.09. The van der Waals surface area contributed by atoms with Crippen molar-refractivity contribution in [1.82, 2.24) is 0 Å². The van der Waals surface area contributed by atoms with Crippen molar-refractivity contribution in [3.8, 4) is 0 Å². The van der Waals surface area contributed by atoms with E-state index < -0.39 is 0 Å². The summed E-state index contributed by atoms with van der Waals surface area (Å²) in [5.74, 6) is 4.79. The molecular weight excluding hydrogens is 360 g/mol. The summed E-state index contributed by atoms with van der Waals surface area (Å²) in [7, 11) is 1.00. The number of aliphatic hydroxyl groups is 2. The molecule has 3 nitrogen and oxygen atoms in total. The molecule has 0 saturated heterocycles. The van der Waals surface area contributed by atoms with E-state index in [1.807, 2.05) is 6.79 Å². The summed E-state index contributed by atoms with van der Waals surface area (Å²) >= 11 is 0. The van der Waals surface area contributed by atoms with Gasteiger partial charge in [-0.15, -0.1) is 0 Å². The Bertz CT molecular complexity index is 508. The molecule has 3 heteroatoms. The van der Waals surface area contributed by atoms with Crippen LogP contribution in [0.3, 0.4) is 0 Å². The zero-order valence-electron chi connectivity index (χ0n) is 19.8. The van der Waals surface area contributed by atoms with Crippen molar-refractivity contribution in [2.24, 2.45) is 46.3 Å². The van der Waals surface area contributed by atoms with Crippen LogP contribution in [0.1, 0.15) is 98.3 Å². The maximum Gasteiger partial charge on any atom is 0.106 e. The van der Waals surface area contributed by atoms with Gasteiger partial charge in [-0.05, 0) is 91.3 Å². The van der Waals surface area contributed by atoms with Gasteiger partial charge in [0.1, 0.15) is 6.79 Å². The van der Waals surface area contributed by atoms with E-state index in [2.05, 4.69) is 27.7 Å². The fourth-order valence-electron chi connectivity index (χ4n) is 8.89. The third-order valence-corrected chi connectivity index (χ3v) is 10.1. The van der Waals surface area contributed by atoms with Gasteiger partial charge in [-0.1, -0.05) is 53.4 Å². The Hall–Kier alpha value is -0.410. The second-order valence-corrected chi connectivity index (χ2v) is 11.0. The second kappa shape index (κ2) is 10.3. The molecule has 0 aromatic carbocycles. The van der Waals surface area contributed by atoms with Crippen molar-refractivity contribution < 1.29 is 15.0 Å². The maximum atomic E-state index is 11.2. The number of fused-ring (bicyclic) bond motifs is 5. The summed E-state index contributed by atoms with van der Waals surface area (Å²) in [6.07, 6.45) is 15.1. The summed E-state index contributed by atoms with van der Waals surface area (Å²) < 4.78 is 0. The van der Waals surface area contributed by atoms with E-state index in [0.29, 0.717) is 16.7 Å². The van der Waals surface area contributed by atoms with Crippen LogP contribution in [0.15, 0.2) is 0 Å². The highest BCUT2D eigenvalue weighted by molar-refractivity contribution is 5.11. The van der Waals surface area contributed by atoms with Crippen molar-refractivity contribution in [3.05, 3.63) is 0 Å². The first kappa shape index (κ1) is 24.9. The monoisotopic (exact) mass is 408 g/mol. The maximum absolute atomic E-state index is 11.2. The summed E-state index contributed by atoms with van der Waals surface area (Å²) in [6.45, 7) is 12.1. The van der Waals surface area contributed by atoms with E-state index in [0.717, 1.165) is 43.1 Å². The van der Waals surface area contributed by atoms with Crippen molar-refractivity contribution in [1.29, 1.82) is 0 Å². The molecule has 29 heavy (non-hydrogen) atoms. The van der Waals surface area contributed by atoms with Gasteiger partial charge in [0.05, 0.1) is 6.10 Å². The zero-order chi connectivity index (χ0) is 21.8. The molecular formula is C26H48O3. The molecule has 2 N–H and O–H groups in total. The smallest absolute Gasteiger partial charge is 0.106 e. The predicted octanol–water partition coefficient (Wildman–Crippen LogP) is 5.87. The highest BCUT2D eigenvalue weighted by atomic mass is 16.3. The molecule has 0 spiro atoms. The first-order chi connectivity index (χ1) is 13.9. The Kier molecular flexibility index (Phi) is 8.80. The van der Waals surface area contributed by atoms with Crippen LogP contribution in [0.5, 0.6) is 0 Å². The SMILES string of the molecule is C=O.CCC[C@@H](C)C1CCC2C3C(O)CC4CCCCC4(C)C3CCC21C.CO. The third-order valence-electron chi connectivity index (χ3n) is 10.1. The van der Waals surface area contributed by atoms with Crippen LogP contribution in [0, 0.1) is 46.3 Å². The summed E-state index contributed by atoms with van der Waals surface area (Å²) in [6, 6.07) is 0. The van der Waals surface area contributed by atoms with Gasteiger partial charge in [-0.3, -0.25) is 0 Å². The lowest BCUT2D eigenvalue weighted by atomic mass is 9.44. The molecule has 0 bridgehead atoms. The molecule has 0 aromatic heterocycles. The van der Waals surface area contributed by atoms with Gasteiger partial charge >= 0.3 is 0 Å². The molecule has 170 valence electrons. The van der Waals surface area contributed by atoms with Crippen LogP contribution in [-0.2, 0) is 4.79 Å². The quantitative estimate of drug-likeness (QED) is 0.614. The Morgan fingerprint density at radius 2 is 1.62 bits per heavy atom. The number of hydrogen-bond acceptors (Lipinski definition) is 3. The summed E-state index contributed by atoms with van der Waals surface area (Å²) in [5, 5.41) is 18.2.